The highest BCUT2D eigenvalue weighted by atomic mass is 16.5. The van der Waals surface area contributed by atoms with E-state index in [4.69, 9.17) is 9.84 Å². The van der Waals surface area contributed by atoms with Crippen molar-refractivity contribution in [3.05, 3.63) is 0 Å². The Morgan fingerprint density at radius 3 is 2.32 bits per heavy atom. The van der Waals surface area contributed by atoms with E-state index >= 15 is 0 Å². The fraction of sp³-hybridized carbons (Fsp3) is 0.857. The third kappa shape index (κ3) is 5.19. The zero-order valence-corrected chi connectivity index (χ0v) is 11.9. The van der Waals surface area contributed by atoms with Gasteiger partial charge in [-0.05, 0) is 25.7 Å². The minimum atomic E-state index is -1.34. The number of carbonyl (C=O) groups excluding carboxylic acids is 1. The number of ether oxygens (including phenoxy) is 1. The first-order valence-corrected chi connectivity index (χ1v) is 7.01. The van der Waals surface area contributed by atoms with Crippen LogP contribution in [0.4, 0.5) is 0 Å². The lowest BCUT2D eigenvalue weighted by molar-refractivity contribution is -0.149. The van der Waals surface area contributed by atoms with Crippen LogP contribution in [0, 0.1) is 5.92 Å². The van der Waals surface area contributed by atoms with E-state index in [9.17, 15) is 9.59 Å². The molecule has 0 saturated heterocycles. The SMILES string of the molecule is COCC(C)(NC(=O)CC1CCCCCC1)C(=O)O. The van der Waals surface area contributed by atoms with E-state index in [-0.39, 0.29) is 12.5 Å². The molecule has 0 aromatic heterocycles. The van der Waals surface area contributed by atoms with E-state index < -0.39 is 11.5 Å². The maximum atomic E-state index is 12.0. The normalized spacial score (nSPS) is 20.3. The molecular formula is C14H25NO4. The molecular weight excluding hydrogens is 246 g/mol. The number of nitrogens with one attached hydrogen (secondary N) is 1. The molecule has 19 heavy (non-hydrogen) atoms. The topological polar surface area (TPSA) is 75.6 Å². The Balaban J connectivity index is 2.50. The largest absolute Gasteiger partial charge is 0.479 e. The minimum Gasteiger partial charge on any atom is -0.479 e. The van der Waals surface area contributed by atoms with Crippen LogP contribution in [0.2, 0.25) is 0 Å². The van der Waals surface area contributed by atoms with E-state index in [0.717, 1.165) is 12.8 Å². The summed E-state index contributed by atoms with van der Waals surface area (Å²) in [7, 11) is 1.43. The van der Waals surface area contributed by atoms with Crippen molar-refractivity contribution < 1.29 is 19.4 Å². The second kappa shape index (κ2) is 7.48. The van der Waals surface area contributed by atoms with Gasteiger partial charge in [0.25, 0.3) is 0 Å². The molecule has 0 bridgehead atoms. The summed E-state index contributed by atoms with van der Waals surface area (Å²) in [5.74, 6) is -0.861. The molecule has 1 atom stereocenters. The standard InChI is InChI=1S/C14H25NO4/c1-14(10-19-2,13(17)18)15-12(16)9-11-7-5-3-4-6-8-11/h11H,3-10H2,1-2H3,(H,15,16)(H,17,18). The highest BCUT2D eigenvalue weighted by Crippen LogP contribution is 2.25. The van der Waals surface area contributed by atoms with Crippen LogP contribution < -0.4 is 5.32 Å². The Hall–Kier alpha value is -1.10. The molecule has 1 rings (SSSR count). The number of rotatable bonds is 6. The van der Waals surface area contributed by atoms with Gasteiger partial charge >= 0.3 is 5.97 Å². The smallest absolute Gasteiger partial charge is 0.331 e. The highest BCUT2D eigenvalue weighted by Gasteiger charge is 2.35. The van der Waals surface area contributed by atoms with Crippen LogP contribution in [0.3, 0.4) is 0 Å². The van der Waals surface area contributed by atoms with Gasteiger partial charge in [-0.1, -0.05) is 25.7 Å². The molecule has 1 amide bonds. The van der Waals surface area contributed by atoms with Crippen molar-refractivity contribution >= 4 is 11.9 Å². The number of hydrogen-bond donors (Lipinski definition) is 2. The lowest BCUT2D eigenvalue weighted by Crippen LogP contribution is -2.55. The predicted octanol–water partition coefficient (Wildman–Crippen LogP) is 1.95. The van der Waals surface area contributed by atoms with Gasteiger partial charge in [-0.2, -0.15) is 0 Å². The Morgan fingerprint density at radius 2 is 1.84 bits per heavy atom. The van der Waals surface area contributed by atoms with Crippen LogP contribution in [-0.4, -0.2) is 36.2 Å². The van der Waals surface area contributed by atoms with Gasteiger partial charge in [0.15, 0.2) is 5.54 Å². The number of hydrogen-bond acceptors (Lipinski definition) is 3. The van der Waals surface area contributed by atoms with Gasteiger partial charge in [0.05, 0.1) is 6.61 Å². The maximum absolute atomic E-state index is 12.0. The van der Waals surface area contributed by atoms with Crippen molar-refractivity contribution in [1.82, 2.24) is 5.32 Å². The van der Waals surface area contributed by atoms with E-state index in [0.29, 0.717) is 12.3 Å². The number of carboxylic acid groups (broad SMARTS) is 1. The van der Waals surface area contributed by atoms with E-state index in [2.05, 4.69) is 5.32 Å². The van der Waals surface area contributed by atoms with Crippen LogP contribution in [0.15, 0.2) is 0 Å². The zero-order chi connectivity index (χ0) is 14.3. The van der Waals surface area contributed by atoms with Crippen molar-refractivity contribution in [2.45, 2.75) is 57.4 Å². The summed E-state index contributed by atoms with van der Waals surface area (Å²) in [5, 5.41) is 11.8. The third-order valence-electron chi connectivity index (χ3n) is 3.77. The van der Waals surface area contributed by atoms with Gasteiger partial charge in [-0.25, -0.2) is 4.79 Å². The molecule has 1 unspecified atom stereocenters. The average molecular weight is 271 g/mol. The quantitative estimate of drug-likeness (QED) is 0.724. The number of aliphatic carboxylic acids is 1. The maximum Gasteiger partial charge on any atom is 0.331 e. The van der Waals surface area contributed by atoms with Crippen molar-refractivity contribution in [2.24, 2.45) is 5.92 Å². The molecule has 1 aliphatic rings. The Kier molecular flexibility index (Phi) is 6.28. The van der Waals surface area contributed by atoms with Gasteiger partial charge < -0.3 is 15.2 Å². The van der Waals surface area contributed by atoms with Crippen LogP contribution in [-0.2, 0) is 14.3 Å². The highest BCUT2D eigenvalue weighted by molar-refractivity contribution is 5.86. The van der Waals surface area contributed by atoms with Gasteiger partial charge in [0.1, 0.15) is 0 Å². The summed E-state index contributed by atoms with van der Waals surface area (Å²) >= 11 is 0. The second-order valence-corrected chi connectivity index (χ2v) is 5.68. The van der Waals surface area contributed by atoms with Crippen LogP contribution in [0.1, 0.15) is 51.9 Å². The minimum absolute atomic E-state index is 0.0290. The van der Waals surface area contributed by atoms with Crippen LogP contribution >= 0.6 is 0 Å². The second-order valence-electron chi connectivity index (χ2n) is 5.68. The number of amides is 1. The van der Waals surface area contributed by atoms with Crippen LogP contribution in [0.5, 0.6) is 0 Å². The molecule has 2 N–H and O–H groups in total. The van der Waals surface area contributed by atoms with Gasteiger partial charge in [-0.15, -0.1) is 0 Å². The summed E-state index contributed by atoms with van der Waals surface area (Å²) in [4.78, 5) is 23.2. The van der Waals surface area contributed by atoms with Gasteiger partial charge in [0.2, 0.25) is 5.91 Å². The third-order valence-corrected chi connectivity index (χ3v) is 3.77. The molecule has 1 saturated carbocycles. The molecule has 110 valence electrons. The average Bonchev–Trinajstić information content (AvgIpc) is 2.57. The van der Waals surface area contributed by atoms with Crippen molar-refractivity contribution in [3.8, 4) is 0 Å². The van der Waals surface area contributed by atoms with Crippen molar-refractivity contribution in [3.63, 3.8) is 0 Å². The first kappa shape index (κ1) is 16.0. The molecule has 0 aromatic carbocycles. The number of methoxy groups -OCH3 is 1. The lowest BCUT2D eigenvalue weighted by Gasteiger charge is -2.26. The molecule has 0 heterocycles. The van der Waals surface area contributed by atoms with E-state index in [1.165, 1.54) is 39.7 Å². The Labute approximate surface area is 114 Å². The first-order chi connectivity index (χ1) is 8.98. The fourth-order valence-electron chi connectivity index (χ4n) is 2.63. The van der Waals surface area contributed by atoms with E-state index in [1.54, 1.807) is 0 Å². The van der Waals surface area contributed by atoms with Gasteiger partial charge in [-0.3, -0.25) is 4.79 Å². The summed E-state index contributed by atoms with van der Waals surface area (Å²) < 4.78 is 4.88. The first-order valence-electron chi connectivity index (χ1n) is 7.01. The Morgan fingerprint density at radius 1 is 1.26 bits per heavy atom. The lowest BCUT2D eigenvalue weighted by atomic mass is 9.95. The summed E-state index contributed by atoms with van der Waals surface area (Å²) in [5.41, 5.74) is -1.34. The molecule has 1 fully saturated rings. The molecule has 5 nitrogen and oxygen atoms in total. The molecule has 0 aliphatic heterocycles. The Bertz CT molecular complexity index is 311. The van der Waals surface area contributed by atoms with Crippen molar-refractivity contribution in [1.29, 1.82) is 0 Å². The van der Waals surface area contributed by atoms with E-state index in [1.807, 2.05) is 0 Å². The van der Waals surface area contributed by atoms with Crippen LogP contribution in [0.25, 0.3) is 0 Å². The number of carbonyl (C=O) groups is 2. The molecule has 0 aromatic rings. The fourth-order valence-corrected chi connectivity index (χ4v) is 2.63. The predicted molar refractivity (Wildman–Crippen MR) is 71.9 cm³/mol. The molecule has 0 radical (unpaired) electrons. The summed E-state index contributed by atoms with van der Waals surface area (Å²) in [6.07, 6.45) is 7.40. The summed E-state index contributed by atoms with van der Waals surface area (Å²) in [6, 6.07) is 0. The monoisotopic (exact) mass is 271 g/mol. The molecule has 5 heteroatoms. The number of carboxylic acids is 1. The molecule has 0 spiro atoms. The van der Waals surface area contributed by atoms with Gasteiger partial charge in [0, 0.05) is 13.5 Å². The summed E-state index contributed by atoms with van der Waals surface area (Å²) in [6.45, 7) is 1.45. The zero-order valence-electron chi connectivity index (χ0n) is 11.9. The van der Waals surface area contributed by atoms with Crippen molar-refractivity contribution in [2.75, 3.05) is 13.7 Å². The molecule has 1 aliphatic carbocycles.